The molecule has 2 aromatic rings. The molecule has 0 saturated heterocycles. The molecule has 116 valence electrons. The van der Waals surface area contributed by atoms with Crippen LogP contribution in [0, 0.1) is 0 Å². The van der Waals surface area contributed by atoms with Gasteiger partial charge in [-0.1, -0.05) is 0 Å². The van der Waals surface area contributed by atoms with Gasteiger partial charge in [-0.05, 0) is 36.4 Å². The minimum Gasteiger partial charge on any atom is -0.467 e. The molecule has 2 amide bonds. The van der Waals surface area contributed by atoms with Crippen LogP contribution in [-0.4, -0.2) is 37.4 Å². The van der Waals surface area contributed by atoms with Crippen LogP contribution in [0.15, 0.2) is 47.1 Å². The molecule has 1 heterocycles. The lowest BCUT2D eigenvalue weighted by molar-refractivity contribution is -0.126. The van der Waals surface area contributed by atoms with E-state index in [9.17, 15) is 9.59 Å². The second kappa shape index (κ2) is 7.31. The normalized spacial score (nSPS) is 10.1. The van der Waals surface area contributed by atoms with Gasteiger partial charge >= 0.3 is 0 Å². The number of nitrogens with one attached hydrogen (secondary N) is 2. The fourth-order valence-corrected chi connectivity index (χ4v) is 1.76. The van der Waals surface area contributed by atoms with Crippen molar-refractivity contribution >= 4 is 17.5 Å². The number of carbonyl (C=O) groups excluding carboxylic acids is 2. The van der Waals surface area contributed by atoms with E-state index in [1.54, 1.807) is 56.8 Å². The third-order valence-corrected chi connectivity index (χ3v) is 3.09. The zero-order valence-electron chi connectivity index (χ0n) is 12.6. The Morgan fingerprint density at radius 1 is 1.14 bits per heavy atom. The van der Waals surface area contributed by atoms with Crippen LogP contribution in [0.5, 0.6) is 0 Å². The molecule has 0 unspecified atom stereocenters. The van der Waals surface area contributed by atoms with E-state index in [1.165, 1.54) is 4.90 Å². The third kappa shape index (κ3) is 4.37. The quantitative estimate of drug-likeness (QED) is 0.852. The van der Waals surface area contributed by atoms with Gasteiger partial charge < -0.3 is 20.0 Å². The van der Waals surface area contributed by atoms with Gasteiger partial charge in [0.05, 0.1) is 19.4 Å². The number of hydrogen-bond acceptors (Lipinski definition) is 4. The predicted octanol–water partition coefficient (Wildman–Crippen LogP) is 1.71. The van der Waals surface area contributed by atoms with Crippen molar-refractivity contribution in [3.63, 3.8) is 0 Å². The van der Waals surface area contributed by atoms with Crippen molar-refractivity contribution in [1.29, 1.82) is 0 Å². The summed E-state index contributed by atoms with van der Waals surface area (Å²) in [6, 6.07) is 10.5. The molecule has 0 aliphatic rings. The van der Waals surface area contributed by atoms with E-state index in [-0.39, 0.29) is 18.4 Å². The standard InChI is InChI=1S/C16H19N3O3/c1-19(2)15(20)11-17-13-7-5-12(6-8-13)16(21)18-10-14-4-3-9-22-14/h3-9,17H,10-11H2,1-2H3,(H,18,21). The maximum absolute atomic E-state index is 12.0. The lowest BCUT2D eigenvalue weighted by Crippen LogP contribution is -2.28. The Kier molecular flexibility index (Phi) is 5.19. The van der Waals surface area contributed by atoms with Crippen LogP contribution in [0.4, 0.5) is 5.69 Å². The van der Waals surface area contributed by atoms with E-state index >= 15 is 0 Å². The summed E-state index contributed by atoms with van der Waals surface area (Å²) < 4.78 is 5.15. The maximum atomic E-state index is 12.0. The fourth-order valence-electron chi connectivity index (χ4n) is 1.76. The summed E-state index contributed by atoms with van der Waals surface area (Å²) in [5.41, 5.74) is 1.34. The highest BCUT2D eigenvalue weighted by atomic mass is 16.3. The molecule has 0 saturated carbocycles. The third-order valence-electron chi connectivity index (χ3n) is 3.09. The Labute approximate surface area is 129 Å². The van der Waals surface area contributed by atoms with E-state index < -0.39 is 0 Å². The molecule has 0 aliphatic carbocycles. The van der Waals surface area contributed by atoms with E-state index in [0.717, 1.165) is 5.69 Å². The predicted molar refractivity (Wildman–Crippen MR) is 83.5 cm³/mol. The topological polar surface area (TPSA) is 74.6 Å². The number of anilines is 1. The first-order valence-electron chi connectivity index (χ1n) is 6.91. The molecule has 6 nitrogen and oxygen atoms in total. The molecule has 0 bridgehead atoms. The highest BCUT2D eigenvalue weighted by Gasteiger charge is 2.07. The van der Waals surface area contributed by atoms with Gasteiger partial charge in [-0.2, -0.15) is 0 Å². The molecule has 1 aromatic carbocycles. The first-order valence-corrected chi connectivity index (χ1v) is 6.91. The summed E-state index contributed by atoms with van der Waals surface area (Å²) in [6.45, 7) is 0.570. The number of likely N-dealkylation sites (N-methyl/N-ethyl adjacent to an activating group) is 1. The highest BCUT2D eigenvalue weighted by molar-refractivity contribution is 5.94. The monoisotopic (exact) mass is 301 g/mol. The molecule has 2 N–H and O–H groups in total. The van der Waals surface area contributed by atoms with Crippen LogP contribution in [-0.2, 0) is 11.3 Å². The maximum Gasteiger partial charge on any atom is 0.251 e. The Morgan fingerprint density at radius 3 is 2.45 bits per heavy atom. The molecule has 0 radical (unpaired) electrons. The van der Waals surface area contributed by atoms with Crippen LogP contribution in [0.2, 0.25) is 0 Å². The van der Waals surface area contributed by atoms with Crippen LogP contribution in [0.3, 0.4) is 0 Å². The molecular formula is C16H19N3O3. The lowest BCUT2D eigenvalue weighted by Gasteiger charge is -2.12. The van der Waals surface area contributed by atoms with E-state index in [4.69, 9.17) is 4.42 Å². The molecular weight excluding hydrogens is 282 g/mol. The van der Waals surface area contributed by atoms with Gasteiger partial charge in [-0.3, -0.25) is 9.59 Å². The molecule has 22 heavy (non-hydrogen) atoms. The first-order chi connectivity index (χ1) is 10.6. The van der Waals surface area contributed by atoms with Gasteiger partial charge in [-0.25, -0.2) is 0 Å². The van der Waals surface area contributed by atoms with Crippen molar-refractivity contribution in [2.45, 2.75) is 6.54 Å². The molecule has 2 rings (SSSR count). The van der Waals surface area contributed by atoms with Crippen molar-refractivity contribution in [2.24, 2.45) is 0 Å². The van der Waals surface area contributed by atoms with Gasteiger partial charge in [-0.15, -0.1) is 0 Å². The van der Waals surface area contributed by atoms with Crippen molar-refractivity contribution in [3.8, 4) is 0 Å². The van der Waals surface area contributed by atoms with Gasteiger partial charge in [0.25, 0.3) is 5.91 Å². The number of amides is 2. The molecule has 1 aromatic heterocycles. The Bertz CT molecular complexity index is 619. The summed E-state index contributed by atoms with van der Waals surface area (Å²) in [5, 5.41) is 5.78. The van der Waals surface area contributed by atoms with Gasteiger partial charge in [0.2, 0.25) is 5.91 Å². The van der Waals surface area contributed by atoms with Crippen molar-refractivity contribution in [2.75, 3.05) is 26.0 Å². The summed E-state index contributed by atoms with van der Waals surface area (Å²) in [5.74, 6) is 0.515. The van der Waals surface area contributed by atoms with Crippen LogP contribution < -0.4 is 10.6 Å². The smallest absolute Gasteiger partial charge is 0.251 e. The van der Waals surface area contributed by atoms with Gasteiger partial charge in [0.15, 0.2) is 0 Å². The van der Waals surface area contributed by atoms with Gasteiger partial charge in [0.1, 0.15) is 5.76 Å². The minimum absolute atomic E-state index is 0.0136. The van der Waals surface area contributed by atoms with Crippen molar-refractivity contribution in [3.05, 3.63) is 54.0 Å². The Morgan fingerprint density at radius 2 is 1.86 bits per heavy atom. The van der Waals surface area contributed by atoms with Crippen LogP contribution in [0.25, 0.3) is 0 Å². The Hall–Kier alpha value is -2.76. The fraction of sp³-hybridized carbons (Fsp3) is 0.250. The van der Waals surface area contributed by atoms with E-state index in [2.05, 4.69) is 10.6 Å². The molecule has 0 aliphatic heterocycles. The zero-order valence-corrected chi connectivity index (χ0v) is 12.6. The SMILES string of the molecule is CN(C)C(=O)CNc1ccc(C(=O)NCc2ccco2)cc1. The summed E-state index contributed by atoms with van der Waals surface area (Å²) in [7, 11) is 3.41. The molecule has 0 atom stereocenters. The Balaban J connectivity index is 1.85. The van der Waals surface area contributed by atoms with Gasteiger partial charge in [0, 0.05) is 25.3 Å². The number of benzene rings is 1. The number of hydrogen-bond donors (Lipinski definition) is 2. The van der Waals surface area contributed by atoms with Crippen LogP contribution in [0.1, 0.15) is 16.1 Å². The average molecular weight is 301 g/mol. The molecule has 0 fully saturated rings. The number of furan rings is 1. The number of nitrogens with zero attached hydrogens (tertiary/aromatic N) is 1. The highest BCUT2D eigenvalue weighted by Crippen LogP contribution is 2.10. The minimum atomic E-state index is -0.174. The second-order valence-electron chi connectivity index (χ2n) is 4.98. The van der Waals surface area contributed by atoms with E-state index in [0.29, 0.717) is 17.9 Å². The summed E-state index contributed by atoms with van der Waals surface area (Å²) in [6.07, 6.45) is 1.57. The van der Waals surface area contributed by atoms with Crippen LogP contribution >= 0.6 is 0 Å². The van der Waals surface area contributed by atoms with Crippen molar-refractivity contribution in [1.82, 2.24) is 10.2 Å². The average Bonchev–Trinajstić information content (AvgIpc) is 3.04. The van der Waals surface area contributed by atoms with Crippen molar-refractivity contribution < 1.29 is 14.0 Å². The zero-order chi connectivity index (χ0) is 15.9. The largest absolute Gasteiger partial charge is 0.467 e. The number of rotatable bonds is 6. The summed E-state index contributed by atoms with van der Waals surface area (Å²) >= 11 is 0. The second-order valence-corrected chi connectivity index (χ2v) is 4.98. The first kappa shape index (κ1) is 15.6. The summed E-state index contributed by atoms with van der Waals surface area (Å²) in [4.78, 5) is 25.0. The molecule has 6 heteroatoms. The lowest BCUT2D eigenvalue weighted by atomic mass is 10.2. The van der Waals surface area contributed by atoms with E-state index in [1.807, 2.05) is 0 Å². The number of carbonyl (C=O) groups is 2. The molecule has 0 spiro atoms.